The predicted molar refractivity (Wildman–Crippen MR) is 137 cm³/mol. The Morgan fingerprint density at radius 2 is 2.03 bits per heavy atom. The summed E-state index contributed by atoms with van der Waals surface area (Å²) in [6, 6.07) is 13.2. The standard InChI is InChI=1S/C25H20ClFN4O2S2/c1-13(2)34-24-21(16-8-9-19(26)17(10-16)12-28)29-25(35-24)31-22(23(32)33-4)20(14(3)30-31)15-6-5-7-18(27)11-15/h5-11,13H,1-4H3. The molecule has 0 bridgehead atoms. The number of carbonyl (C=O) groups excluding carboxylic acids is 1. The van der Waals surface area contributed by atoms with Crippen molar-refractivity contribution in [2.45, 2.75) is 30.2 Å². The Morgan fingerprint density at radius 3 is 2.69 bits per heavy atom. The zero-order valence-electron chi connectivity index (χ0n) is 19.3. The first-order chi connectivity index (χ1) is 16.7. The van der Waals surface area contributed by atoms with Crippen molar-refractivity contribution in [1.82, 2.24) is 14.8 Å². The molecular formula is C25H20ClFN4O2S2. The van der Waals surface area contributed by atoms with Gasteiger partial charge in [-0.05, 0) is 36.8 Å². The second kappa shape index (κ2) is 10.2. The maximum absolute atomic E-state index is 14.0. The molecule has 0 radical (unpaired) electrons. The Morgan fingerprint density at radius 1 is 1.26 bits per heavy atom. The van der Waals surface area contributed by atoms with Crippen LogP contribution in [0.3, 0.4) is 0 Å². The minimum atomic E-state index is -0.613. The normalized spacial score (nSPS) is 11.0. The molecule has 0 fully saturated rings. The first-order valence-electron chi connectivity index (χ1n) is 10.5. The maximum atomic E-state index is 14.0. The first kappa shape index (κ1) is 24.9. The molecule has 2 aromatic heterocycles. The molecule has 0 unspecified atom stereocenters. The zero-order chi connectivity index (χ0) is 25.3. The second-order valence-electron chi connectivity index (χ2n) is 7.83. The van der Waals surface area contributed by atoms with Gasteiger partial charge in [-0.15, -0.1) is 11.8 Å². The van der Waals surface area contributed by atoms with Crippen LogP contribution in [0.5, 0.6) is 0 Å². The molecule has 178 valence electrons. The second-order valence-corrected chi connectivity index (χ2v) is 11.1. The molecule has 0 saturated carbocycles. The number of hydrogen-bond donors (Lipinski definition) is 0. The summed E-state index contributed by atoms with van der Waals surface area (Å²) in [5.41, 5.74) is 3.41. The Balaban J connectivity index is 1.95. The molecular weight excluding hydrogens is 507 g/mol. The number of aryl methyl sites for hydroxylation is 1. The Labute approximate surface area is 215 Å². The van der Waals surface area contributed by atoms with Gasteiger partial charge in [0.1, 0.15) is 11.9 Å². The molecule has 0 saturated heterocycles. The van der Waals surface area contributed by atoms with Crippen LogP contribution in [-0.2, 0) is 4.74 Å². The van der Waals surface area contributed by atoms with Gasteiger partial charge in [-0.3, -0.25) is 0 Å². The summed E-state index contributed by atoms with van der Waals surface area (Å²) in [4.78, 5) is 17.7. The van der Waals surface area contributed by atoms with Crippen LogP contribution in [0.4, 0.5) is 4.39 Å². The molecule has 0 spiro atoms. The summed E-state index contributed by atoms with van der Waals surface area (Å²) in [5, 5.41) is 15.1. The van der Waals surface area contributed by atoms with E-state index in [1.54, 1.807) is 49.0 Å². The smallest absolute Gasteiger partial charge is 0.357 e. The van der Waals surface area contributed by atoms with Crippen LogP contribution in [0, 0.1) is 24.1 Å². The van der Waals surface area contributed by atoms with Gasteiger partial charge in [0, 0.05) is 16.4 Å². The van der Waals surface area contributed by atoms with Crippen LogP contribution in [0.15, 0.2) is 46.7 Å². The van der Waals surface area contributed by atoms with E-state index in [1.807, 2.05) is 0 Å². The van der Waals surface area contributed by atoms with Gasteiger partial charge in [0.15, 0.2) is 5.69 Å². The van der Waals surface area contributed by atoms with Gasteiger partial charge in [-0.2, -0.15) is 15.0 Å². The Hall–Kier alpha value is -3.19. The lowest BCUT2D eigenvalue weighted by Gasteiger charge is -2.06. The number of methoxy groups -OCH3 is 1. The van der Waals surface area contributed by atoms with Crippen molar-refractivity contribution < 1.29 is 13.9 Å². The monoisotopic (exact) mass is 526 g/mol. The summed E-state index contributed by atoms with van der Waals surface area (Å²) >= 11 is 9.12. The van der Waals surface area contributed by atoms with Crippen molar-refractivity contribution in [3.63, 3.8) is 0 Å². The van der Waals surface area contributed by atoms with Crippen molar-refractivity contribution in [1.29, 1.82) is 5.26 Å². The van der Waals surface area contributed by atoms with E-state index in [0.717, 1.165) is 9.77 Å². The van der Waals surface area contributed by atoms with Crippen LogP contribution >= 0.6 is 34.7 Å². The van der Waals surface area contributed by atoms with E-state index in [4.69, 9.17) is 21.3 Å². The Bertz CT molecular complexity index is 1470. The quantitative estimate of drug-likeness (QED) is 0.200. The molecule has 0 N–H and O–H groups in total. The van der Waals surface area contributed by atoms with E-state index in [9.17, 15) is 14.4 Å². The van der Waals surface area contributed by atoms with Crippen molar-refractivity contribution >= 4 is 40.7 Å². The van der Waals surface area contributed by atoms with E-state index >= 15 is 0 Å². The van der Waals surface area contributed by atoms with Gasteiger partial charge in [0.05, 0.1) is 33.3 Å². The minimum absolute atomic E-state index is 0.158. The van der Waals surface area contributed by atoms with Crippen LogP contribution in [-0.4, -0.2) is 33.1 Å². The van der Waals surface area contributed by atoms with Gasteiger partial charge in [-0.25, -0.2) is 14.2 Å². The number of halogens is 2. The fourth-order valence-corrected chi connectivity index (χ4v) is 6.20. The van der Waals surface area contributed by atoms with Gasteiger partial charge >= 0.3 is 5.97 Å². The molecule has 10 heteroatoms. The number of thiazole rings is 1. The van der Waals surface area contributed by atoms with Crippen LogP contribution in [0.25, 0.3) is 27.5 Å². The number of rotatable bonds is 6. The number of nitrogens with zero attached hydrogens (tertiary/aromatic N) is 4. The van der Waals surface area contributed by atoms with E-state index in [-0.39, 0.29) is 10.9 Å². The topological polar surface area (TPSA) is 80.8 Å². The summed E-state index contributed by atoms with van der Waals surface area (Å²) in [7, 11) is 1.29. The highest BCUT2D eigenvalue weighted by Gasteiger charge is 2.28. The fourth-order valence-electron chi connectivity index (χ4n) is 3.56. The molecule has 6 nitrogen and oxygen atoms in total. The molecule has 2 heterocycles. The lowest BCUT2D eigenvalue weighted by atomic mass is 10.0. The van der Waals surface area contributed by atoms with Gasteiger partial charge in [0.25, 0.3) is 0 Å². The molecule has 0 atom stereocenters. The number of ether oxygens (including phenoxy) is 1. The lowest BCUT2D eigenvalue weighted by molar-refractivity contribution is 0.0591. The fraction of sp³-hybridized carbons (Fsp3) is 0.200. The van der Waals surface area contributed by atoms with Crippen LogP contribution in [0.1, 0.15) is 35.6 Å². The van der Waals surface area contributed by atoms with Crippen LogP contribution in [0.2, 0.25) is 5.02 Å². The zero-order valence-corrected chi connectivity index (χ0v) is 21.7. The van der Waals surface area contributed by atoms with Gasteiger partial charge < -0.3 is 4.74 Å². The first-order valence-corrected chi connectivity index (χ1v) is 12.6. The molecule has 0 amide bonds. The summed E-state index contributed by atoms with van der Waals surface area (Å²) in [5.74, 6) is -1.04. The highest BCUT2D eigenvalue weighted by atomic mass is 35.5. The molecule has 2 aromatic carbocycles. The minimum Gasteiger partial charge on any atom is -0.464 e. The lowest BCUT2D eigenvalue weighted by Crippen LogP contribution is -2.11. The molecule has 0 aliphatic rings. The molecule has 4 aromatic rings. The van der Waals surface area contributed by atoms with Crippen molar-refractivity contribution in [3.8, 4) is 33.6 Å². The number of carbonyl (C=O) groups is 1. The summed E-state index contributed by atoms with van der Waals surface area (Å²) < 4.78 is 21.4. The van der Waals surface area contributed by atoms with E-state index in [0.29, 0.717) is 38.2 Å². The Kier molecular flexibility index (Phi) is 7.26. The van der Waals surface area contributed by atoms with Gasteiger partial charge in [0.2, 0.25) is 5.13 Å². The summed E-state index contributed by atoms with van der Waals surface area (Å²) in [6.07, 6.45) is 0. The van der Waals surface area contributed by atoms with Crippen molar-refractivity contribution in [3.05, 3.63) is 70.3 Å². The molecule has 35 heavy (non-hydrogen) atoms. The number of aromatic nitrogens is 3. The number of hydrogen-bond acceptors (Lipinski definition) is 7. The third-order valence-electron chi connectivity index (χ3n) is 5.02. The third-order valence-corrected chi connectivity index (χ3v) is 7.59. The highest BCUT2D eigenvalue weighted by Crippen LogP contribution is 2.41. The van der Waals surface area contributed by atoms with Crippen molar-refractivity contribution in [2.24, 2.45) is 0 Å². The average molecular weight is 527 g/mol. The summed E-state index contributed by atoms with van der Waals surface area (Å²) in [6.45, 7) is 5.88. The van der Waals surface area contributed by atoms with E-state index in [1.165, 1.54) is 35.3 Å². The third kappa shape index (κ3) is 4.96. The van der Waals surface area contributed by atoms with Crippen LogP contribution < -0.4 is 0 Å². The highest BCUT2D eigenvalue weighted by molar-refractivity contribution is 8.01. The number of esters is 1. The van der Waals surface area contributed by atoms with Gasteiger partial charge in [-0.1, -0.05) is 55.0 Å². The molecule has 4 rings (SSSR count). The van der Waals surface area contributed by atoms with Crippen molar-refractivity contribution in [2.75, 3.05) is 7.11 Å². The number of thioether (sulfide) groups is 1. The van der Waals surface area contributed by atoms with E-state index in [2.05, 4.69) is 25.0 Å². The predicted octanol–water partition coefficient (Wildman–Crippen LogP) is 6.92. The SMILES string of the molecule is COC(=O)c1c(-c2cccc(F)c2)c(C)nn1-c1nc(-c2ccc(Cl)c(C#N)c2)c(SC(C)C)s1. The number of nitriles is 1. The maximum Gasteiger partial charge on any atom is 0.357 e. The number of benzene rings is 2. The average Bonchev–Trinajstić information content (AvgIpc) is 3.39. The molecule has 0 aliphatic heterocycles. The largest absolute Gasteiger partial charge is 0.464 e. The molecule has 0 aliphatic carbocycles. The van der Waals surface area contributed by atoms with E-state index < -0.39 is 11.8 Å².